The van der Waals surface area contributed by atoms with Crippen LogP contribution >= 0.6 is 0 Å². The smallest absolute Gasteiger partial charge is 0.251 e. The SMILES string of the molecule is Cc1cc(C)c2c(-n3cccc3)nn(Cc3ccc(C(=O)N[C@H](C)CCc4ccccc4)cc3)c2n1. The minimum absolute atomic E-state index is 0.0468. The molecule has 0 aliphatic rings. The van der Waals surface area contributed by atoms with Gasteiger partial charge in [0.05, 0.1) is 11.9 Å². The monoisotopic (exact) mass is 477 g/mol. The van der Waals surface area contributed by atoms with E-state index >= 15 is 0 Å². The molecule has 0 spiro atoms. The van der Waals surface area contributed by atoms with Crippen LogP contribution in [0.25, 0.3) is 16.9 Å². The average molecular weight is 478 g/mol. The summed E-state index contributed by atoms with van der Waals surface area (Å²) >= 11 is 0. The zero-order valence-electron chi connectivity index (χ0n) is 21.0. The Kier molecular flexibility index (Phi) is 6.67. The number of benzene rings is 2. The van der Waals surface area contributed by atoms with E-state index in [1.54, 1.807) is 0 Å². The first kappa shape index (κ1) is 23.5. The minimum atomic E-state index is -0.0468. The lowest BCUT2D eigenvalue weighted by atomic mass is 10.1. The van der Waals surface area contributed by atoms with Gasteiger partial charge in [0.15, 0.2) is 11.5 Å². The van der Waals surface area contributed by atoms with Crippen molar-refractivity contribution in [1.29, 1.82) is 0 Å². The van der Waals surface area contributed by atoms with E-state index in [9.17, 15) is 4.79 Å². The molecule has 1 amide bonds. The first-order chi connectivity index (χ1) is 17.5. The molecule has 0 unspecified atom stereocenters. The highest BCUT2D eigenvalue weighted by Crippen LogP contribution is 2.26. The third-order valence-electron chi connectivity index (χ3n) is 6.49. The van der Waals surface area contributed by atoms with Crippen LogP contribution in [0, 0.1) is 13.8 Å². The molecule has 0 bridgehead atoms. The predicted octanol–water partition coefficient (Wildman–Crippen LogP) is 5.64. The average Bonchev–Trinajstić information content (AvgIpc) is 3.52. The fourth-order valence-corrected chi connectivity index (χ4v) is 4.60. The van der Waals surface area contributed by atoms with Gasteiger partial charge in [-0.25, -0.2) is 9.67 Å². The Labute approximate surface area is 211 Å². The number of hydrogen-bond acceptors (Lipinski definition) is 3. The molecule has 0 aliphatic carbocycles. The van der Waals surface area contributed by atoms with E-state index < -0.39 is 0 Å². The van der Waals surface area contributed by atoms with Crippen LogP contribution in [0.1, 0.15) is 46.1 Å². The van der Waals surface area contributed by atoms with Gasteiger partial charge in [0, 0.05) is 29.7 Å². The fourth-order valence-electron chi connectivity index (χ4n) is 4.60. The third-order valence-corrected chi connectivity index (χ3v) is 6.49. The molecule has 0 fully saturated rings. The van der Waals surface area contributed by atoms with Crippen LogP contribution in [0.4, 0.5) is 0 Å². The van der Waals surface area contributed by atoms with Gasteiger partial charge < -0.3 is 9.88 Å². The molecule has 0 saturated carbocycles. The molecule has 6 nitrogen and oxygen atoms in total. The van der Waals surface area contributed by atoms with Gasteiger partial charge in [-0.2, -0.15) is 5.10 Å². The van der Waals surface area contributed by atoms with Crippen LogP contribution in [0.2, 0.25) is 0 Å². The van der Waals surface area contributed by atoms with Crippen LogP contribution in [-0.4, -0.2) is 31.3 Å². The summed E-state index contributed by atoms with van der Waals surface area (Å²) in [6, 6.07) is 24.3. The standard InChI is InChI=1S/C30H31N5O/c1-21-19-23(3)31-28-27(21)29(34-17-7-8-18-34)33-35(28)20-25-13-15-26(16-14-25)30(36)32-22(2)11-12-24-9-5-4-6-10-24/h4-10,13-19,22H,11-12,20H2,1-3H3,(H,32,36)/t22-/m1/s1. The highest BCUT2D eigenvalue weighted by Gasteiger charge is 2.17. The van der Waals surface area contributed by atoms with Gasteiger partial charge in [-0.3, -0.25) is 4.79 Å². The van der Waals surface area contributed by atoms with Crippen molar-refractivity contribution in [3.63, 3.8) is 0 Å². The molecule has 5 rings (SSSR count). The molecular formula is C30H31N5O. The van der Waals surface area contributed by atoms with E-state index in [0.29, 0.717) is 12.1 Å². The van der Waals surface area contributed by atoms with Crippen LogP contribution in [0.3, 0.4) is 0 Å². The van der Waals surface area contributed by atoms with E-state index in [-0.39, 0.29) is 11.9 Å². The number of nitrogens with one attached hydrogen (secondary N) is 1. The quantitative estimate of drug-likeness (QED) is 0.315. The molecule has 1 atom stereocenters. The second kappa shape index (κ2) is 10.2. The summed E-state index contributed by atoms with van der Waals surface area (Å²) in [4.78, 5) is 17.6. The lowest BCUT2D eigenvalue weighted by Gasteiger charge is -2.14. The summed E-state index contributed by atoms with van der Waals surface area (Å²) in [7, 11) is 0. The normalized spacial score (nSPS) is 12.1. The topological polar surface area (TPSA) is 64.7 Å². The van der Waals surface area contributed by atoms with E-state index in [2.05, 4.69) is 37.4 Å². The molecule has 3 heterocycles. The summed E-state index contributed by atoms with van der Waals surface area (Å²) in [5.41, 5.74) is 6.00. The second-order valence-corrected chi connectivity index (χ2v) is 9.45. The molecule has 3 aromatic heterocycles. The Morgan fingerprint density at radius 1 is 0.944 bits per heavy atom. The Morgan fingerprint density at radius 2 is 1.67 bits per heavy atom. The van der Waals surface area contributed by atoms with Gasteiger partial charge in [-0.05, 0) is 80.6 Å². The number of pyridine rings is 1. The van der Waals surface area contributed by atoms with Crippen molar-refractivity contribution in [2.75, 3.05) is 0 Å². The lowest BCUT2D eigenvalue weighted by molar-refractivity contribution is 0.0938. The van der Waals surface area contributed by atoms with Crippen molar-refractivity contribution in [2.24, 2.45) is 0 Å². The van der Waals surface area contributed by atoms with Gasteiger partial charge in [-0.1, -0.05) is 42.5 Å². The Bertz CT molecular complexity index is 1470. The Morgan fingerprint density at radius 3 is 2.39 bits per heavy atom. The van der Waals surface area contributed by atoms with Gasteiger partial charge in [-0.15, -0.1) is 0 Å². The van der Waals surface area contributed by atoms with Crippen molar-refractivity contribution in [3.8, 4) is 5.82 Å². The molecule has 0 aliphatic heterocycles. The molecule has 0 radical (unpaired) electrons. The number of hydrogen-bond donors (Lipinski definition) is 1. The third kappa shape index (κ3) is 5.08. The van der Waals surface area contributed by atoms with Gasteiger partial charge in [0.2, 0.25) is 0 Å². The second-order valence-electron chi connectivity index (χ2n) is 9.45. The maximum atomic E-state index is 12.8. The number of carbonyl (C=O) groups is 1. The largest absolute Gasteiger partial charge is 0.350 e. The number of fused-ring (bicyclic) bond motifs is 1. The number of rotatable bonds is 8. The first-order valence-corrected chi connectivity index (χ1v) is 12.4. The Hall–Kier alpha value is -4.19. The summed E-state index contributed by atoms with van der Waals surface area (Å²) in [5.74, 6) is 0.829. The van der Waals surface area contributed by atoms with Crippen LogP contribution in [0.15, 0.2) is 85.2 Å². The van der Waals surface area contributed by atoms with Crippen LogP contribution in [0.5, 0.6) is 0 Å². The molecule has 2 aromatic carbocycles. The number of aryl methyl sites for hydroxylation is 3. The maximum Gasteiger partial charge on any atom is 0.251 e. The van der Waals surface area contributed by atoms with E-state index in [4.69, 9.17) is 10.1 Å². The van der Waals surface area contributed by atoms with E-state index in [1.807, 2.05) is 83.2 Å². The van der Waals surface area contributed by atoms with E-state index in [1.165, 1.54) is 5.56 Å². The number of carbonyl (C=O) groups excluding carboxylic acids is 1. The zero-order chi connectivity index (χ0) is 25.1. The van der Waals surface area contributed by atoms with Gasteiger partial charge in [0.1, 0.15) is 0 Å². The van der Waals surface area contributed by atoms with Gasteiger partial charge in [0.25, 0.3) is 5.91 Å². The minimum Gasteiger partial charge on any atom is -0.350 e. The number of amides is 1. The van der Waals surface area contributed by atoms with Crippen LogP contribution < -0.4 is 5.32 Å². The molecule has 0 saturated heterocycles. The lowest BCUT2D eigenvalue weighted by Crippen LogP contribution is -2.32. The molecule has 182 valence electrons. The van der Waals surface area contributed by atoms with Crippen molar-refractivity contribution >= 4 is 16.9 Å². The fraction of sp³-hybridized carbons (Fsp3) is 0.233. The van der Waals surface area contributed by atoms with Crippen LogP contribution in [-0.2, 0) is 13.0 Å². The van der Waals surface area contributed by atoms with Crippen molar-refractivity contribution in [2.45, 2.75) is 46.2 Å². The highest BCUT2D eigenvalue weighted by atomic mass is 16.1. The summed E-state index contributed by atoms with van der Waals surface area (Å²) in [6.45, 7) is 6.73. The summed E-state index contributed by atoms with van der Waals surface area (Å²) < 4.78 is 3.97. The van der Waals surface area contributed by atoms with E-state index in [0.717, 1.165) is 46.5 Å². The molecule has 5 aromatic rings. The van der Waals surface area contributed by atoms with Crippen molar-refractivity contribution in [3.05, 3.63) is 113 Å². The first-order valence-electron chi connectivity index (χ1n) is 12.4. The number of aromatic nitrogens is 4. The zero-order valence-corrected chi connectivity index (χ0v) is 21.0. The number of nitrogens with zero attached hydrogens (tertiary/aromatic N) is 4. The molecule has 6 heteroatoms. The highest BCUT2D eigenvalue weighted by molar-refractivity contribution is 5.94. The molecular weight excluding hydrogens is 446 g/mol. The predicted molar refractivity (Wildman–Crippen MR) is 144 cm³/mol. The summed E-state index contributed by atoms with van der Waals surface area (Å²) in [5, 5.41) is 9.08. The van der Waals surface area contributed by atoms with Crippen molar-refractivity contribution < 1.29 is 4.79 Å². The van der Waals surface area contributed by atoms with Gasteiger partial charge >= 0.3 is 0 Å². The summed E-state index contributed by atoms with van der Waals surface area (Å²) in [6.07, 6.45) is 5.84. The molecule has 1 N–H and O–H groups in total. The Balaban J connectivity index is 1.30. The molecule has 36 heavy (non-hydrogen) atoms. The van der Waals surface area contributed by atoms with Crippen molar-refractivity contribution in [1.82, 2.24) is 24.6 Å². The maximum absolute atomic E-state index is 12.8.